The molecule has 1 aliphatic carbocycles. The fraction of sp³-hybridized carbons (Fsp3) is 1.00. The zero-order valence-corrected chi connectivity index (χ0v) is 10.6. The van der Waals surface area contributed by atoms with Crippen LogP contribution >= 0.6 is 11.8 Å². The molecule has 88 valence electrons. The number of nitrogens with two attached hydrogens (primary N) is 1. The van der Waals surface area contributed by atoms with E-state index in [4.69, 9.17) is 10.5 Å². The number of rotatable bonds is 3. The number of methoxy groups -OCH3 is 1. The third-order valence-corrected chi connectivity index (χ3v) is 5.09. The highest BCUT2D eigenvalue weighted by atomic mass is 32.2. The van der Waals surface area contributed by atoms with Gasteiger partial charge in [0.2, 0.25) is 0 Å². The van der Waals surface area contributed by atoms with E-state index in [9.17, 15) is 0 Å². The van der Waals surface area contributed by atoms with E-state index in [-0.39, 0.29) is 5.54 Å². The smallest absolute Gasteiger partial charge is 0.0607 e. The summed E-state index contributed by atoms with van der Waals surface area (Å²) in [7, 11) is 1.81. The summed E-state index contributed by atoms with van der Waals surface area (Å²) < 4.78 is 5.38. The Labute approximate surface area is 96.7 Å². The van der Waals surface area contributed by atoms with Crippen molar-refractivity contribution in [1.29, 1.82) is 0 Å². The van der Waals surface area contributed by atoms with Crippen LogP contribution in [0.1, 0.15) is 19.8 Å². The standard InChI is InChI=1S/C11H22N2OS/c1-9-7-15-4-3-13(9)11(8-12)5-10(6-11)14-2/h9-10H,3-8,12H2,1-2H3. The largest absolute Gasteiger partial charge is 0.381 e. The van der Waals surface area contributed by atoms with Gasteiger partial charge in [-0.15, -0.1) is 0 Å². The molecule has 0 aromatic carbocycles. The lowest BCUT2D eigenvalue weighted by atomic mass is 9.72. The Morgan fingerprint density at radius 1 is 1.53 bits per heavy atom. The lowest BCUT2D eigenvalue weighted by Gasteiger charge is -2.56. The number of ether oxygens (including phenoxy) is 1. The van der Waals surface area contributed by atoms with Gasteiger partial charge in [0, 0.05) is 43.3 Å². The van der Waals surface area contributed by atoms with Gasteiger partial charge in [0.25, 0.3) is 0 Å². The van der Waals surface area contributed by atoms with Gasteiger partial charge >= 0.3 is 0 Å². The highest BCUT2D eigenvalue weighted by Crippen LogP contribution is 2.41. The summed E-state index contributed by atoms with van der Waals surface area (Å²) in [5.74, 6) is 2.50. The maximum absolute atomic E-state index is 5.97. The summed E-state index contributed by atoms with van der Waals surface area (Å²) in [6, 6.07) is 0.671. The van der Waals surface area contributed by atoms with Crippen LogP contribution in [0.25, 0.3) is 0 Å². The fourth-order valence-electron chi connectivity index (χ4n) is 2.90. The van der Waals surface area contributed by atoms with Crippen molar-refractivity contribution in [3.05, 3.63) is 0 Å². The molecule has 0 amide bonds. The van der Waals surface area contributed by atoms with Crippen LogP contribution in [0.3, 0.4) is 0 Å². The zero-order chi connectivity index (χ0) is 10.9. The predicted octanol–water partition coefficient (Wildman–Crippen LogP) is 0.930. The summed E-state index contributed by atoms with van der Waals surface area (Å²) in [4.78, 5) is 2.62. The second-order valence-corrected chi connectivity index (χ2v) is 5.96. The normalized spacial score (nSPS) is 42.6. The topological polar surface area (TPSA) is 38.5 Å². The average Bonchev–Trinajstić information content (AvgIpc) is 2.20. The molecule has 1 heterocycles. The molecule has 1 aliphatic heterocycles. The van der Waals surface area contributed by atoms with Crippen molar-refractivity contribution in [3.63, 3.8) is 0 Å². The van der Waals surface area contributed by atoms with E-state index in [1.165, 1.54) is 18.1 Å². The second-order valence-electron chi connectivity index (χ2n) is 4.81. The lowest BCUT2D eigenvalue weighted by molar-refractivity contribution is -0.0960. The first-order chi connectivity index (χ1) is 7.22. The summed E-state index contributed by atoms with van der Waals surface area (Å²) in [5, 5.41) is 0. The molecule has 0 spiro atoms. The van der Waals surface area contributed by atoms with E-state index in [1.54, 1.807) is 7.11 Å². The Bertz CT molecular complexity index is 219. The van der Waals surface area contributed by atoms with Crippen LogP contribution in [-0.2, 0) is 4.74 Å². The number of nitrogens with zero attached hydrogens (tertiary/aromatic N) is 1. The fourth-order valence-corrected chi connectivity index (χ4v) is 3.92. The SMILES string of the molecule is COC1CC(CN)(N2CCSCC2C)C1. The molecule has 0 radical (unpaired) electrons. The van der Waals surface area contributed by atoms with Crippen LogP contribution < -0.4 is 5.73 Å². The van der Waals surface area contributed by atoms with Gasteiger partial charge in [-0.3, -0.25) is 4.90 Å². The summed E-state index contributed by atoms with van der Waals surface area (Å²) in [5.41, 5.74) is 6.23. The van der Waals surface area contributed by atoms with Gasteiger partial charge in [0.1, 0.15) is 0 Å². The third-order valence-electron chi connectivity index (χ3n) is 3.91. The Morgan fingerprint density at radius 2 is 2.27 bits per heavy atom. The monoisotopic (exact) mass is 230 g/mol. The van der Waals surface area contributed by atoms with Gasteiger partial charge in [0.05, 0.1) is 6.10 Å². The first kappa shape index (κ1) is 11.7. The average molecular weight is 230 g/mol. The minimum Gasteiger partial charge on any atom is -0.381 e. The van der Waals surface area contributed by atoms with Gasteiger partial charge in [-0.2, -0.15) is 11.8 Å². The molecule has 1 saturated heterocycles. The summed E-state index contributed by atoms with van der Waals surface area (Å²) >= 11 is 2.06. The van der Waals surface area contributed by atoms with Gasteiger partial charge < -0.3 is 10.5 Å². The van der Waals surface area contributed by atoms with Gasteiger partial charge in [0.15, 0.2) is 0 Å². The molecule has 0 aromatic heterocycles. The van der Waals surface area contributed by atoms with Crippen molar-refractivity contribution in [2.24, 2.45) is 5.73 Å². The van der Waals surface area contributed by atoms with Crippen LogP contribution in [0.5, 0.6) is 0 Å². The van der Waals surface area contributed by atoms with Crippen molar-refractivity contribution in [3.8, 4) is 0 Å². The van der Waals surface area contributed by atoms with Crippen LogP contribution in [0.15, 0.2) is 0 Å². The van der Waals surface area contributed by atoms with Crippen molar-refractivity contribution >= 4 is 11.8 Å². The Kier molecular flexibility index (Phi) is 3.60. The van der Waals surface area contributed by atoms with Crippen molar-refractivity contribution in [2.75, 3.05) is 31.7 Å². The second kappa shape index (κ2) is 4.62. The molecule has 0 aromatic rings. The predicted molar refractivity (Wildman–Crippen MR) is 65.3 cm³/mol. The van der Waals surface area contributed by atoms with Crippen LogP contribution in [0, 0.1) is 0 Å². The highest BCUT2D eigenvalue weighted by molar-refractivity contribution is 7.99. The minimum atomic E-state index is 0.251. The molecular formula is C11H22N2OS. The number of hydrogen-bond acceptors (Lipinski definition) is 4. The van der Waals surface area contributed by atoms with E-state index in [1.807, 2.05) is 0 Å². The Morgan fingerprint density at radius 3 is 2.80 bits per heavy atom. The summed E-state index contributed by atoms with van der Waals surface area (Å²) in [6.07, 6.45) is 2.68. The molecule has 15 heavy (non-hydrogen) atoms. The quantitative estimate of drug-likeness (QED) is 0.783. The van der Waals surface area contributed by atoms with Crippen LogP contribution in [-0.4, -0.2) is 54.3 Å². The maximum atomic E-state index is 5.97. The van der Waals surface area contributed by atoms with Crippen LogP contribution in [0.4, 0.5) is 0 Å². The molecule has 1 saturated carbocycles. The molecule has 2 N–H and O–H groups in total. The first-order valence-electron chi connectivity index (χ1n) is 5.79. The zero-order valence-electron chi connectivity index (χ0n) is 9.74. The molecule has 1 atom stereocenters. The number of thioether (sulfide) groups is 1. The Balaban J connectivity index is 2.00. The van der Waals surface area contributed by atoms with E-state index in [2.05, 4.69) is 23.6 Å². The molecule has 2 rings (SSSR count). The maximum Gasteiger partial charge on any atom is 0.0607 e. The Hall–Kier alpha value is 0.230. The number of hydrogen-bond donors (Lipinski definition) is 1. The lowest BCUT2D eigenvalue weighted by Crippen LogP contribution is -2.67. The molecule has 4 heteroatoms. The molecule has 2 aliphatic rings. The van der Waals surface area contributed by atoms with Crippen molar-refractivity contribution < 1.29 is 4.74 Å². The third kappa shape index (κ3) is 2.05. The van der Waals surface area contributed by atoms with E-state index >= 15 is 0 Å². The van der Waals surface area contributed by atoms with Crippen LogP contribution in [0.2, 0.25) is 0 Å². The molecule has 0 bridgehead atoms. The molecular weight excluding hydrogens is 208 g/mol. The van der Waals surface area contributed by atoms with Gasteiger partial charge in [-0.25, -0.2) is 0 Å². The molecule has 1 unspecified atom stereocenters. The summed E-state index contributed by atoms with van der Waals surface area (Å²) in [6.45, 7) is 4.30. The van der Waals surface area contributed by atoms with Crippen molar-refractivity contribution in [2.45, 2.75) is 37.5 Å². The first-order valence-corrected chi connectivity index (χ1v) is 6.95. The minimum absolute atomic E-state index is 0.251. The van der Waals surface area contributed by atoms with Crippen molar-refractivity contribution in [1.82, 2.24) is 4.90 Å². The van der Waals surface area contributed by atoms with E-state index < -0.39 is 0 Å². The molecule has 2 fully saturated rings. The van der Waals surface area contributed by atoms with Gasteiger partial charge in [-0.05, 0) is 19.8 Å². The van der Waals surface area contributed by atoms with E-state index in [0.29, 0.717) is 12.1 Å². The highest BCUT2D eigenvalue weighted by Gasteiger charge is 2.49. The van der Waals surface area contributed by atoms with Gasteiger partial charge in [-0.1, -0.05) is 0 Å². The molecule has 3 nitrogen and oxygen atoms in total. The van der Waals surface area contributed by atoms with E-state index in [0.717, 1.165) is 19.4 Å².